The molecule has 0 radical (unpaired) electrons. The van der Waals surface area contributed by atoms with Crippen molar-refractivity contribution in [3.8, 4) is 0 Å². The number of hydrogen-bond acceptors (Lipinski definition) is 3. The molecule has 2 aliphatic rings. The van der Waals surface area contributed by atoms with Gasteiger partial charge < -0.3 is 4.74 Å². The van der Waals surface area contributed by atoms with Crippen molar-refractivity contribution in [2.75, 3.05) is 12.4 Å². The van der Waals surface area contributed by atoms with Crippen LogP contribution in [-0.4, -0.2) is 23.4 Å². The first kappa shape index (κ1) is 10.1. The van der Waals surface area contributed by atoms with Crippen LogP contribution in [-0.2, 0) is 9.53 Å². The van der Waals surface area contributed by atoms with E-state index in [1.54, 1.807) is 0 Å². The second kappa shape index (κ2) is 4.87. The topological polar surface area (TPSA) is 26.3 Å². The molecule has 0 saturated heterocycles. The number of rotatable bonds is 4. The minimum atomic E-state index is 0.180. The molecule has 0 unspecified atom stereocenters. The number of Topliss-reactive ketones (excluding diaryl/α,β-unsaturated/α-hetero) is 1. The molecule has 2 nitrogen and oxygen atoms in total. The third-order valence-electron chi connectivity index (χ3n) is 2.73. The number of allylic oxidation sites excluding steroid dienone is 1. The first-order valence-corrected chi connectivity index (χ1v) is 6.39. The summed E-state index contributed by atoms with van der Waals surface area (Å²) in [7, 11) is 0. The molecule has 14 heavy (non-hydrogen) atoms. The smallest absolute Gasteiger partial charge is 0.206 e. The molecule has 0 aromatic rings. The Bertz CT molecular complexity index is 242. The molecular formula is C11H16O2S. The summed E-state index contributed by atoms with van der Waals surface area (Å²) < 4.78 is 5.23. The number of carbonyl (C=O) groups excluding carboxylic acids is 1. The van der Waals surface area contributed by atoms with Gasteiger partial charge in [-0.05, 0) is 18.9 Å². The van der Waals surface area contributed by atoms with Crippen molar-refractivity contribution in [2.45, 2.75) is 37.4 Å². The van der Waals surface area contributed by atoms with Gasteiger partial charge in [0.05, 0.1) is 12.4 Å². The molecule has 0 atom stereocenters. The summed E-state index contributed by atoms with van der Waals surface area (Å²) in [6, 6.07) is 0. The normalized spacial score (nSPS) is 22.1. The van der Waals surface area contributed by atoms with Gasteiger partial charge in [-0.1, -0.05) is 12.8 Å². The molecule has 1 aliphatic carbocycles. The van der Waals surface area contributed by atoms with E-state index in [2.05, 4.69) is 0 Å². The lowest BCUT2D eigenvalue weighted by Crippen LogP contribution is -2.09. The maximum Gasteiger partial charge on any atom is 0.206 e. The molecular weight excluding hydrogens is 196 g/mol. The number of carbonyl (C=O) groups is 1. The first-order chi connectivity index (χ1) is 6.86. The quantitative estimate of drug-likeness (QED) is 0.716. The van der Waals surface area contributed by atoms with Crippen LogP contribution in [0.1, 0.15) is 32.1 Å². The highest BCUT2D eigenvalue weighted by molar-refractivity contribution is 8.00. The summed E-state index contributed by atoms with van der Waals surface area (Å²) in [4.78, 5) is 11.6. The highest BCUT2D eigenvalue weighted by Gasteiger charge is 2.19. The highest BCUT2D eigenvalue weighted by atomic mass is 32.2. The first-order valence-electron chi connectivity index (χ1n) is 5.34. The second-order valence-corrected chi connectivity index (χ2v) is 5.13. The van der Waals surface area contributed by atoms with Crippen molar-refractivity contribution in [1.82, 2.24) is 0 Å². The van der Waals surface area contributed by atoms with E-state index in [0.29, 0.717) is 18.1 Å². The van der Waals surface area contributed by atoms with E-state index in [4.69, 9.17) is 4.74 Å². The van der Waals surface area contributed by atoms with Gasteiger partial charge in [0.1, 0.15) is 0 Å². The summed E-state index contributed by atoms with van der Waals surface area (Å²) in [6.07, 6.45) is 8.07. The minimum Gasteiger partial charge on any atom is -0.490 e. The van der Waals surface area contributed by atoms with Crippen LogP contribution in [0, 0.1) is 0 Å². The minimum absolute atomic E-state index is 0.180. The van der Waals surface area contributed by atoms with E-state index in [-0.39, 0.29) is 5.78 Å². The molecule has 0 spiro atoms. The van der Waals surface area contributed by atoms with Gasteiger partial charge in [-0.15, -0.1) is 0 Å². The predicted octanol–water partition coefficient (Wildman–Crippen LogP) is 2.54. The van der Waals surface area contributed by atoms with Gasteiger partial charge in [-0.3, -0.25) is 4.79 Å². The van der Waals surface area contributed by atoms with Gasteiger partial charge in [-0.2, -0.15) is 11.8 Å². The Hall–Kier alpha value is -0.440. The van der Waals surface area contributed by atoms with Gasteiger partial charge in [0.2, 0.25) is 5.78 Å². The zero-order valence-corrected chi connectivity index (χ0v) is 9.15. The standard InChI is InChI=1S/C11H16O2S/c12-10(11-6-3-7-13-11)8-14-9-4-1-2-5-9/h6,9H,1-5,7-8H2. The highest BCUT2D eigenvalue weighted by Crippen LogP contribution is 2.29. The molecule has 3 heteroatoms. The fourth-order valence-electron chi connectivity index (χ4n) is 1.93. The van der Waals surface area contributed by atoms with E-state index >= 15 is 0 Å². The maximum absolute atomic E-state index is 11.6. The van der Waals surface area contributed by atoms with E-state index in [1.807, 2.05) is 17.8 Å². The van der Waals surface area contributed by atoms with Crippen LogP contribution in [0.2, 0.25) is 0 Å². The SMILES string of the molecule is O=C(CSC1CCCC1)C1=CCCO1. The molecule has 2 rings (SSSR count). The predicted molar refractivity (Wildman–Crippen MR) is 58.4 cm³/mol. The molecule has 0 amide bonds. The zero-order valence-electron chi connectivity index (χ0n) is 8.33. The Labute approximate surface area is 89.1 Å². The third-order valence-corrected chi connectivity index (χ3v) is 4.10. The molecule has 1 aliphatic heterocycles. The van der Waals surface area contributed by atoms with E-state index < -0.39 is 0 Å². The molecule has 0 bridgehead atoms. The van der Waals surface area contributed by atoms with Gasteiger partial charge in [0, 0.05) is 11.7 Å². The second-order valence-electron chi connectivity index (χ2n) is 3.85. The number of hydrogen-bond donors (Lipinski definition) is 0. The summed E-state index contributed by atoms with van der Waals surface area (Å²) in [5.74, 6) is 1.39. The summed E-state index contributed by atoms with van der Waals surface area (Å²) in [5, 5.41) is 0.723. The van der Waals surface area contributed by atoms with Crippen LogP contribution in [0.3, 0.4) is 0 Å². The number of thioether (sulfide) groups is 1. The van der Waals surface area contributed by atoms with Gasteiger partial charge in [0.25, 0.3) is 0 Å². The summed E-state index contributed by atoms with van der Waals surface area (Å²) in [6.45, 7) is 0.690. The van der Waals surface area contributed by atoms with Crippen molar-refractivity contribution in [1.29, 1.82) is 0 Å². The lowest BCUT2D eigenvalue weighted by atomic mass is 10.3. The van der Waals surface area contributed by atoms with Gasteiger partial charge in [0.15, 0.2) is 5.76 Å². The van der Waals surface area contributed by atoms with Crippen molar-refractivity contribution in [2.24, 2.45) is 0 Å². The van der Waals surface area contributed by atoms with Crippen LogP contribution in [0.25, 0.3) is 0 Å². The average molecular weight is 212 g/mol. The van der Waals surface area contributed by atoms with E-state index in [1.165, 1.54) is 25.7 Å². The fourth-order valence-corrected chi connectivity index (χ4v) is 3.13. The zero-order chi connectivity index (χ0) is 9.80. The Morgan fingerprint density at radius 2 is 2.29 bits per heavy atom. The Morgan fingerprint density at radius 1 is 1.50 bits per heavy atom. The average Bonchev–Trinajstić information content (AvgIpc) is 2.87. The molecule has 0 N–H and O–H groups in total. The Balaban J connectivity index is 1.71. The fraction of sp³-hybridized carbons (Fsp3) is 0.727. The maximum atomic E-state index is 11.6. The summed E-state index contributed by atoms with van der Waals surface area (Å²) in [5.41, 5.74) is 0. The molecule has 1 heterocycles. The van der Waals surface area contributed by atoms with E-state index in [0.717, 1.165) is 11.7 Å². The largest absolute Gasteiger partial charge is 0.490 e. The van der Waals surface area contributed by atoms with Crippen LogP contribution >= 0.6 is 11.8 Å². The number of ketones is 1. The van der Waals surface area contributed by atoms with Crippen LogP contribution < -0.4 is 0 Å². The Kier molecular flexibility index (Phi) is 3.51. The van der Waals surface area contributed by atoms with Crippen molar-refractivity contribution >= 4 is 17.5 Å². The summed E-state index contributed by atoms with van der Waals surface area (Å²) >= 11 is 1.81. The van der Waals surface area contributed by atoms with Crippen molar-refractivity contribution < 1.29 is 9.53 Å². The molecule has 78 valence electrons. The van der Waals surface area contributed by atoms with Gasteiger partial charge >= 0.3 is 0 Å². The van der Waals surface area contributed by atoms with E-state index in [9.17, 15) is 4.79 Å². The molecule has 1 saturated carbocycles. The lowest BCUT2D eigenvalue weighted by Gasteiger charge is -2.07. The Morgan fingerprint density at radius 3 is 2.93 bits per heavy atom. The monoisotopic (exact) mass is 212 g/mol. The number of ether oxygens (including phenoxy) is 1. The van der Waals surface area contributed by atoms with Crippen LogP contribution in [0.5, 0.6) is 0 Å². The lowest BCUT2D eigenvalue weighted by molar-refractivity contribution is -0.116. The molecule has 1 fully saturated rings. The van der Waals surface area contributed by atoms with Gasteiger partial charge in [-0.25, -0.2) is 0 Å². The molecule has 0 aromatic carbocycles. The third kappa shape index (κ3) is 2.53. The van der Waals surface area contributed by atoms with Crippen molar-refractivity contribution in [3.63, 3.8) is 0 Å². The molecule has 0 aromatic heterocycles. The van der Waals surface area contributed by atoms with Crippen molar-refractivity contribution in [3.05, 3.63) is 11.8 Å². The van der Waals surface area contributed by atoms with Crippen LogP contribution in [0.4, 0.5) is 0 Å². The van der Waals surface area contributed by atoms with Crippen LogP contribution in [0.15, 0.2) is 11.8 Å².